The number of carbonyl (C=O) groups is 3. The number of aliphatic imine (C=N–C) groups is 1. The van der Waals surface area contributed by atoms with Crippen LogP contribution in [0.4, 0.5) is 14.9 Å². The number of piperazine rings is 1. The van der Waals surface area contributed by atoms with Crippen LogP contribution < -0.4 is 20.3 Å². The number of thiazole rings is 1. The van der Waals surface area contributed by atoms with E-state index >= 15 is 0 Å². The van der Waals surface area contributed by atoms with Crippen molar-refractivity contribution in [2.24, 2.45) is 4.99 Å². The van der Waals surface area contributed by atoms with Crippen molar-refractivity contribution in [2.45, 2.75) is 25.0 Å². The quantitative estimate of drug-likeness (QED) is 0.180. The number of halogens is 2. The molecule has 3 aromatic carbocycles. The van der Waals surface area contributed by atoms with Gasteiger partial charge in [0.05, 0.1) is 25.3 Å². The lowest BCUT2D eigenvalue weighted by Crippen LogP contribution is -2.53. The van der Waals surface area contributed by atoms with Crippen LogP contribution in [0.1, 0.15) is 33.9 Å². The maximum Gasteiger partial charge on any atom is 0.338 e. The summed E-state index contributed by atoms with van der Waals surface area (Å²) in [5, 5.41) is 17.8. The second-order valence-corrected chi connectivity index (χ2v) is 14.3. The van der Waals surface area contributed by atoms with E-state index in [9.17, 15) is 23.9 Å². The zero-order valence-electron chi connectivity index (χ0n) is 29.4. The number of hydrogen-bond acceptors (Lipinski definition) is 11. The Labute approximate surface area is 319 Å². The van der Waals surface area contributed by atoms with E-state index in [1.54, 1.807) is 54.4 Å². The Hall–Kier alpha value is -5.35. The minimum Gasteiger partial charge on any atom is -0.466 e. The Morgan fingerprint density at radius 3 is 2.50 bits per heavy atom. The highest BCUT2D eigenvalue weighted by Gasteiger charge is 2.42. The summed E-state index contributed by atoms with van der Waals surface area (Å²) in [4.78, 5) is 54.3. The number of aromatic nitrogens is 1. The third kappa shape index (κ3) is 7.80. The fourth-order valence-corrected chi connectivity index (χ4v) is 7.54. The van der Waals surface area contributed by atoms with Crippen molar-refractivity contribution in [3.63, 3.8) is 0 Å². The summed E-state index contributed by atoms with van der Waals surface area (Å²) in [6.45, 7) is 3.92. The van der Waals surface area contributed by atoms with Crippen LogP contribution in [0.2, 0.25) is 5.02 Å². The smallest absolute Gasteiger partial charge is 0.338 e. The van der Waals surface area contributed by atoms with Gasteiger partial charge in [-0.3, -0.25) is 19.6 Å². The molecule has 16 heteroatoms. The number of esters is 1. The van der Waals surface area contributed by atoms with Gasteiger partial charge in [-0.2, -0.15) is 0 Å². The molecule has 2 fully saturated rings. The third-order valence-corrected chi connectivity index (χ3v) is 10.5. The summed E-state index contributed by atoms with van der Waals surface area (Å²) in [7, 11) is 1.30. The maximum atomic E-state index is 14.1. The van der Waals surface area contributed by atoms with Gasteiger partial charge in [0.1, 0.15) is 23.4 Å². The molecular weight excluding hydrogens is 737 g/mol. The fourth-order valence-electron chi connectivity index (χ4n) is 6.68. The van der Waals surface area contributed by atoms with Crippen LogP contribution in [-0.4, -0.2) is 102 Å². The molecule has 54 heavy (non-hydrogen) atoms. The van der Waals surface area contributed by atoms with Crippen molar-refractivity contribution < 1.29 is 33.4 Å². The van der Waals surface area contributed by atoms with Gasteiger partial charge >= 0.3 is 12.0 Å². The zero-order valence-corrected chi connectivity index (χ0v) is 30.9. The zero-order chi connectivity index (χ0) is 37.9. The number of amides is 3. The number of aliphatic hydroxyl groups excluding tert-OH is 1. The minimum absolute atomic E-state index is 0.0906. The Morgan fingerprint density at radius 2 is 1.83 bits per heavy atom. The van der Waals surface area contributed by atoms with Gasteiger partial charge in [-0.15, -0.1) is 11.3 Å². The van der Waals surface area contributed by atoms with E-state index in [0.29, 0.717) is 71.9 Å². The molecule has 2 saturated heterocycles. The van der Waals surface area contributed by atoms with Crippen molar-refractivity contribution in [1.29, 1.82) is 0 Å². The fraction of sp³-hybridized carbons (Fsp3) is 0.289. The Balaban J connectivity index is 1.04. The first-order valence-electron chi connectivity index (χ1n) is 17.2. The summed E-state index contributed by atoms with van der Waals surface area (Å²) in [5.74, 6) is 0.182. The largest absolute Gasteiger partial charge is 0.466 e. The lowest BCUT2D eigenvalue weighted by atomic mass is 9.95. The van der Waals surface area contributed by atoms with Crippen molar-refractivity contribution in [1.82, 2.24) is 25.4 Å². The molecule has 3 atom stereocenters. The number of urea groups is 1. The molecule has 7 rings (SSSR count). The number of nitrogens with one attached hydrogen (secondary N) is 2. The second-order valence-electron chi connectivity index (χ2n) is 13.0. The molecule has 4 heterocycles. The molecule has 3 aliphatic rings. The van der Waals surface area contributed by atoms with E-state index in [1.807, 2.05) is 22.4 Å². The standard InChI is InChI=1S/C38H37ClFN7O6S/c1-22(21-48)42-35(49)23-3-8-27(9-4-23)53-28-10-6-25(7-11-28)47-19-26-18-45(14-15-46(26)38(47)51)20-31-32(37(50)52-2)33(29-12-5-24(40)17-30(29)39)44-34(43-31)36-41-13-16-54-36/h3-13,16-17,22,26,33,48H,14-15,18-21H2,1-2H3,(H,42,49)(H,43,44)/t22-,26+,33+/m1/s1. The van der Waals surface area contributed by atoms with Crippen LogP contribution >= 0.6 is 22.9 Å². The molecule has 0 unspecified atom stereocenters. The lowest BCUT2D eigenvalue weighted by Gasteiger charge is -2.38. The predicted molar refractivity (Wildman–Crippen MR) is 202 cm³/mol. The van der Waals surface area contributed by atoms with Crippen molar-refractivity contribution in [3.05, 3.63) is 117 Å². The van der Waals surface area contributed by atoms with Gasteiger partial charge < -0.3 is 30.1 Å². The molecule has 1 aromatic heterocycles. The number of fused-ring (bicyclic) bond motifs is 1. The molecule has 3 aliphatic heterocycles. The number of carbonyl (C=O) groups excluding carboxylic acids is 3. The predicted octanol–water partition coefficient (Wildman–Crippen LogP) is 4.98. The Bertz CT molecular complexity index is 2100. The molecule has 280 valence electrons. The van der Waals surface area contributed by atoms with Crippen LogP contribution in [0.3, 0.4) is 0 Å². The summed E-state index contributed by atoms with van der Waals surface area (Å²) < 4.78 is 25.3. The summed E-state index contributed by atoms with van der Waals surface area (Å²) >= 11 is 7.89. The normalized spacial score (nSPS) is 19.2. The van der Waals surface area contributed by atoms with E-state index in [0.717, 1.165) is 5.69 Å². The van der Waals surface area contributed by atoms with Gasteiger partial charge in [-0.1, -0.05) is 17.7 Å². The van der Waals surface area contributed by atoms with E-state index in [4.69, 9.17) is 26.1 Å². The van der Waals surface area contributed by atoms with Gasteiger partial charge in [0.25, 0.3) is 5.91 Å². The summed E-state index contributed by atoms with van der Waals surface area (Å²) in [6.07, 6.45) is 1.66. The van der Waals surface area contributed by atoms with Crippen LogP contribution in [0.15, 0.2) is 94.6 Å². The van der Waals surface area contributed by atoms with Crippen LogP contribution in [0.25, 0.3) is 0 Å². The van der Waals surface area contributed by atoms with Gasteiger partial charge in [-0.25, -0.2) is 19.0 Å². The van der Waals surface area contributed by atoms with Crippen molar-refractivity contribution >= 4 is 52.4 Å². The van der Waals surface area contributed by atoms with E-state index in [1.165, 1.54) is 36.6 Å². The molecule has 0 bridgehead atoms. The van der Waals surface area contributed by atoms with Gasteiger partial charge in [0.2, 0.25) is 0 Å². The van der Waals surface area contributed by atoms with E-state index in [-0.39, 0.29) is 41.2 Å². The highest BCUT2D eigenvalue weighted by atomic mass is 35.5. The highest BCUT2D eigenvalue weighted by molar-refractivity contribution is 7.11. The molecule has 13 nitrogen and oxygen atoms in total. The first kappa shape index (κ1) is 37.0. The molecule has 4 aromatic rings. The van der Waals surface area contributed by atoms with Crippen LogP contribution in [0, 0.1) is 5.82 Å². The van der Waals surface area contributed by atoms with Gasteiger partial charge in [-0.05, 0) is 67.6 Å². The molecule has 0 radical (unpaired) electrons. The average molecular weight is 774 g/mol. The number of rotatable bonds is 11. The Morgan fingerprint density at radius 1 is 1.09 bits per heavy atom. The number of amidine groups is 1. The van der Waals surface area contributed by atoms with Crippen LogP contribution in [0.5, 0.6) is 11.5 Å². The highest BCUT2D eigenvalue weighted by Crippen LogP contribution is 2.37. The average Bonchev–Trinajstić information content (AvgIpc) is 3.83. The lowest BCUT2D eigenvalue weighted by molar-refractivity contribution is -0.136. The van der Waals surface area contributed by atoms with E-state index in [2.05, 4.69) is 20.5 Å². The molecule has 0 saturated carbocycles. The first-order chi connectivity index (χ1) is 26.1. The first-order valence-corrected chi connectivity index (χ1v) is 18.5. The molecular formula is C38H37ClFN7O6S. The third-order valence-electron chi connectivity index (χ3n) is 9.39. The SMILES string of the molecule is COC(=O)C1=C(CN2CCN3C(=O)N(c4ccc(Oc5ccc(C(=O)N[C@H](C)CO)cc5)cc4)C[C@@H]3C2)NC(c2nccs2)=N[C@H]1c1ccc(F)cc1Cl. The molecule has 0 aliphatic carbocycles. The van der Waals surface area contributed by atoms with E-state index < -0.39 is 17.8 Å². The number of methoxy groups -OCH3 is 1. The molecule has 0 spiro atoms. The topological polar surface area (TPSA) is 149 Å². The van der Waals surface area contributed by atoms with Gasteiger partial charge in [0, 0.05) is 77.9 Å². The minimum atomic E-state index is -0.871. The number of ether oxygens (including phenoxy) is 2. The number of nitrogens with zero attached hydrogens (tertiary/aromatic N) is 5. The molecule has 3 amide bonds. The second kappa shape index (κ2) is 15.9. The maximum absolute atomic E-state index is 14.1. The van der Waals surface area contributed by atoms with Gasteiger partial charge in [0.15, 0.2) is 10.8 Å². The summed E-state index contributed by atoms with van der Waals surface area (Å²) in [6, 6.07) is 16.5. The number of anilines is 1. The monoisotopic (exact) mass is 773 g/mol. The van der Waals surface area contributed by atoms with Crippen molar-refractivity contribution in [3.8, 4) is 11.5 Å². The Kier molecular flexibility index (Phi) is 10.9. The number of aliphatic hydroxyl groups is 1. The van der Waals surface area contributed by atoms with Crippen molar-refractivity contribution in [2.75, 3.05) is 51.3 Å². The summed E-state index contributed by atoms with van der Waals surface area (Å²) in [5.41, 5.74) is 2.45. The number of hydrogen-bond donors (Lipinski definition) is 3. The molecule has 3 N–H and O–H groups in total. The number of benzene rings is 3. The van der Waals surface area contributed by atoms with Crippen LogP contribution in [-0.2, 0) is 9.53 Å².